The van der Waals surface area contributed by atoms with E-state index in [0.29, 0.717) is 6.10 Å². The summed E-state index contributed by atoms with van der Waals surface area (Å²) in [6.45, 7) is 7.67. The van der Waals surface area contributed by atoms with Crippen LogP contribution in [-0.2, 0) is 0 Å². The first-order valence-corrected chi connectivity index (χ1v) is 9.13. The van der Waals surface area contributed by atoms with Gasteiger partial charge in [-0.1, -0.05) is 13.0 Å². The van der Waals surface area contributed by atoms with Gasteiger partial charge in [0.05, 0.1) is 18.8 Å². The molecule has 1 aromatic carbocycles. The molecule has 0 amide bonds. The van der Waals surface area contributed by atoms with E-state index in [0.717, 1.165) is 37.4 Å². The molecular formula is C20H31NO3. The molecule has 1 aliphatic carbocycles. The average Bonchev–Trinajstić information content (AvgIpc) is 3.17. The molecule has 4 heteroatoms. The Labute approximate surface area is 145 Å². The predicted octanol–water partition coefficient (Wildman–Crippen LogP) is 3.48. The summed E-state index contributed by atoms with van der Waals surface area (Å²) < 4.78 is 11.7. The maximum Gasteiger partial charge on any atom is 0.161 e. The highest BCUT2D eigenvalue weighted by Crippen LogP contribution is 2.48. The lowest BCUT2D eigenvalue weighted by molar-refractivity contribution is -0.0430. The van der Waals surface area contributed by atoms with Crippen LogP contribution in [0.5, 0.6) is 11.5 Å². The number of ether oxygens (including phenoxy) is 2. The van der Waals surface area contributed by atoms with Crippen molar-refractivity contribution in [1.29, 1.82) is 0 Å². The second-order valence-corrected chi connectivity index (χ2v) is 8.09. The van der Waals surface area contributed by atoms with Crippen LogP contribution in [0, 0.1) is 5.41 Å². The summed E-state index contributed by atoms with van der Waals surface area (Å²) >= 11 is 0. The fraction of sp³-hybridized carbons (Fsp3) is 0.700. The van der Waals surface area contributed by atoms with E-state index in [-0.39, 0.29) is 11.3 Å². The lowest BCUT2D eigenvalue weighted by atomic mass is 9.66. The van der Waals surface area contributed by atoms with Crippen LogP contribution in [0.4, 0.5) is 0 Å². The number of aliphatic hydroxyl groups is 1. The molecule has 1 aliphatic heterocycles. The molecule has 134 valence electrons. The molecule has 2 atom stereocenters. The summed E-state index contributed by atoms with van der Waals surface area (Å²) in [6.07, 6.45) is 5.04. The summed E-state index contributed by atoms with van der Waals surface area (Å²) in [5.41, 5.74) is 0.234. The number of rotatable bonds is 5. The van der Waals surface area contributed by atoms with Gasteiger partial charge in [-0.3, -0.25) is 0 Å². The zero-order valence-electron chi connectivity index (χ0n) is 15.4. The fourth-order valence-corrected chi connectivity index (χ4v) is 4.14. The van der Waals surface area contributed by atoms with Gasteiger partial charge in [-0.15, -0.1) is 0 Å². The van der Waals surface area contributed by atoms with Gasteiger partial charge in [-0.25, -0.2) is 0 Å². The van der Waals surface area contributed by atoms with Gasteiger partial charge in [0.1, 0.15) is 0 Å². The zero-order chi connectivity index (χ0) is 17.4. The van der Waals surface area contributed by atoms with Crippen molar-refractivity contribution in [3.05, 3.63) is 23.8 Å². The molecule has 3 rings (SSSR count). The third-order valence-corrected chi connectivity index (χ3v) is 6.19. The highest BCUT2D eigenvalue weighted by atomic mass is 16.5. The number of nitrogens with one attached hydrogen (secondary N) is 1. The van der Waals surface area contributed by atoms with Crippen LogP contribution in [0.3, 0.4) is 0 Å². The van der Waals surface area contributed by atoms with Crippen LogP contribution in [0.15, 0.2) is 18.2 Å². The monoisotopic (exact) mass is 333 g/mol. The quantitative estimate of drug-likeness (QED) is 0.866. The Hall–Kier alpha value is -1.26. The lowest BCUT2D eigenvalue weighted by Crippen LogP contribution is -2.46. The summed E-state index contributed by atoms with van der Waals surface area (Å²) in [4.78, 5) is 0. The largest absolute Gasteiger partial charge is 0.493 e. The molecule has 1 saturated carbocycles. The summed E-state index contributed by atoms with van der Waals surface area (Å²) in [7, 11) is 1.69. The smallest absolute Gasteiger partial charge is 0.161 e. The molecule has 1 heterocycles. The standard InChI is InChI=1S/C20H31NO3/c1-19(2,22)20(3)13-21-12-16(20)14-9-10-17(23-4)18(11-14)24-15-7-5-6-8-15/h9-11,15-16,21-22H,5-8,12-13H2,1-4H3. The van der Waals surface area contributed by atoms with E-state index < -0.39 is 5.60 Å². The van der Waals surface area contributed by atoms with Gasteiger partial charge in [0, 0.05) is 24.4 Å². The van der Waals surface area contributed by atoms with Gasteiger partial charge in [0.2, 0.25) is 0 Å². The minimum atomic E-state index is -0.756. The molecule has 24 heavy (non-hydrogen) atoms. The lowest BCUT2D eigenvalue weighted by Gasteiger charge is -2.41. The number of benzene rings is 1. The number of methoxy groups -OCH3 is 1. The number of hydrogen-bond donors (Lipinski definition) is 2. The first-order chi connectivity index (χ1) is 11.3. The van der Waals surface area contributed by atoms with Gasteiger partial charge >= 0.3 is 0 Å². The van der Waals surface area contributed by atoms with Crippen LogP contribution in [0.2, 0.25) is 0 Å². The molecule has 0 radical (unpaired) electrons. The average molecular weight is 333 g/mol. The Morgan fingerprint density at radius 3 is 2.54 bits per heavy atom. The van der Waals surface area contributed by atoms with Crippen LogP contribution >= 0.6 is 0 Å². The van der Waals surface area contributed by atoms with Crippen LogP contribution in [0.25, 0.3) is 0 Å². The van der Waals surface area contributed by atoms with Gasteiger partial charge < -0.3 is 19.9 Å². The molecule has 0 aromatic heterocycles. The van der Waals surface area contributed by atoms with Gasteiger partial charge in [-0.2, -0.15) is 0 Å². The van der Waals surface area contributed by atoms with Crippen LogP contribution in [0.1, 0.15) is 57.9 Å². The van der Waals surface area contributed by atoms with Crippen molar-refractivity contribution in [3.63, 3.8) is 0 Å². The van der Waals surface area contributed by atoms with E-state index in [9.17, 15) is 5.11 Å². The number of hydrogen-bond acceptors (Lipinski definition) is 4. The molecular weight excluding hydrogens is 302 g/mol. The molecule has 4 nitrogen and oxygen atoms in total. The zero-order valence-corrected chi connectivity index (χ0v) is 15.4. The third-order valence-electron chi connectivity index (χ3n) is 6.19. The minimum Gasteiger partial charge on any atom is -0.493 e. The Morgan fingerprint density at radius 1 is 1.21 bits per heavy atom. The highest BCUT2D eigenvalue weighted by Gasteiger charge is 2.49. The maximum atomic E-state index is 10.7. The molecule has 1 saturated heterocycles. The van der Waals surface area contributed by atoms with Gasteiger partial charge in [-0.05, 0) is 57.2 Å². The molecule has 2 aliphatic rings. The van der Waals surface area contributed by atoms with E-state index >= 15 is 0 Å². The van der Waals surface area contributed by atoms with Crippen molar-refractivity contribution in [1.82, 2.24) is 5.32 Å². The third kappa shape index (κ3) is 3.14. The first-order valence-electron chi connectivity index (χ1n) is 9.13. The molecule has 0 spiro atoms. The Morgan fingerprint density at radius 2 is 1.92 bits per heavy atom. The topological polar surface area (TPSA) is 50.7 Å². The van der Waals surface area contributed by atoms with E-state index in [4.69, 9.17) is 9.47 Å². The van der Waals surface area contributed by atoms with Crippen LogP contribution in [-0.4, -0.2) is 37.0 Å². The Balaban J connectivity index is 1.90. The minimum absolute atomic E-state index is 0.216. The van der Waals surface area contributed by atoms with E-state index in [2.05, 4.69) is 24.4 Å². The van der Waals surface area contributed by atoms with Crippen molar-refractivity contribution >= 4 is 0 Å². The van der Waals surface area contributed by atoms with Gasteiger partial charge in [0.15, 0.2) is 11.5 Å². The SMILES string of the molecule is COc1ccc(C2CNCC2(C)C(C)(C)O)cc1OC1CCCC1. The molecule has 2 N–H and O–H groups in total. The molecule has 0 bridgehead atoms. The van der Waals surface area contributed by atoms with Crippen LogP contribution < -0.4 is 14.8 Å². The Bertz CT molecular complexity index is 575. The van der Waals surface area contributed by atoms with Crippen molar-refractivity contribution in [3.8, 4) is 11.5 Å². The second-order valence-electron chi connectivity index (χ2n) is 8.09. The predicted molar refractivity (Wildman–Crippen MR) is 95.9 cm³/mol. The van der Waals surface area contributed by atoms with Gasteiger partial charge in [0.25, 0.3) is 0 Å². The molecule has 1 aromatic rings. The summed E-state index contributed by atoms with van der Waals surface area (Å²) in [5, 5.41) is 14.2. The Kier molecular flexibility index (Phi) is 4.80. The molecule has 2 fully saturated rings. The summed E-state index contributed by atoms with van der Waals surface area (Å²) in [5.74, 6) is 1.88. The first kappa shape index (κ1) is 17.6. The van der Waals surface area contributed by atoms with Crippen molar-refractivity contribution in [2.45, 2.75) is 64.1 Å². The van der Waals surface area contributed by atoms with E-state index in [1.54, 1.807) is 7.11 Å². The summed E-state index contributed by atoms with van der Waals surface area (Å²) in [6, 6.07) is 6.24. The molecule has 2 unspecified atom stereocenters. The highest BCUT2D eigenvalue weighted by molar-refractivity contribution is 5.45. The second kappa shape index (κ2) is 6.57. The van der Waals surface area contributed by atoms with Crippen molar-refractivity contribution < 1.29 is 14.6 Å². The van der Waals surface area contributed by atoms with Crippen molar-refractivity contribution in [2.75, 3.05) is 20.2 Å². The van der Waals surface area contributed by atoms with E-state index in [1.165, 1.54) is 18.4 Å². The fourth-order valence-electron chi connectivity index (χ4n) is 4.14. The van der Waals surface area contributed by atoms with E-state index in [1.807, 2.05) is 19.9 Å². The normalized spacial score (nSPS) is 28.3. The maximum absolute atomic E-state index is 10.7. The van der Waals surface area contributed by atoms with Crippen molar-refractivity contribution in [2.24, 2.45) is 5.41 Å².